The molecule has 0 amide bonds. The second-order valence-electron chi connectivity index (χ2n) is 3.36. The van der Waals surface area contributed by atoms with Crippen molar-refractivity contribution in [3.05, 3.63) is 34.4 Å². The van der Waals surface area contributed by atoms with Gasteiger partial charge in [0.05, 0.1) is 6.61 Å². The fourth-order valence-corrected chi connectivity index (χ4v) is 1.71. The standard InChI is InChI=1S/C12H12INO2/c1-2-7-15-10-5-3-9(4-6-10)11-8-16-12(13)14-11/h3-6,8H,2,7H2,1H3. The van der Waals surface area contributed by atoms with E-state index in [2.05, 4.69) is 11.9 Å². The smallest absolute Gasteiger partial charge is 0.257 e. The van der Waals surface area contributed by atoms with Gasteiger partial charge in [-0.1, -0.05) is 6.92 Å². The zero-order valence-corrected chi connectivity index (χ0v) is 11.1. The second kappa shape index (κ2) is 5.34. The van der Waals surface area contributed by atoms with Crippen molar-refractivity contribution in [2.24, 2.45) is 0 Å². The van der Waals surface area contributed by atoms with E-state index >= 15 is 0 Å². The first kappa shape index (κ1) is 11.4. The first-order valence-corrected chi connectivity index (χ1v) is 6.21. The lowest BCUT2D eigenvalue weighted by atomic mass is 10.2. The van der Waals surface area contributed by atoms with Crippen LogP contribution in [-0.2, 0) is 0 Å². The quantitative estimate of drug-likeness (QED) is 0.802. The molecule has 0 radical (unpaired) electrons. The molecule has 0 aliphatic carbocycles. The highest BCUT2D eigenvalue weighted by Gasteiger charge is 2.03. The summed E-state index contributed by atoms with van der Waals surface area (Å²) < 4.78 is 11.3. The molecule has 0 N–H and O–H groups in total. The van der Waals surface area contributed by atoms with E-state index in [-0.39, 0.29) is 0 Å². The molecule has 84 valence electrons. The average molecular weight is 329 g/mol. The van der Waals surface area contributed by atoms with Gasteiger partial charge in [-0.15, -0.1) is 0 Å². The van der Waals surface area contributed by atoms with Crippen molar-refractivity contribution in [3.8, 4) is 17.0 Å². The van der Waals surface area contributed by atoms with Crippen LogP contribution in [0.4, 0.5) is 0 Å². The van der Waals surface area contributed by atoms with Crippen LogP contribution < -0.4 is 4.74 Å². The number of rotatable bonds is 4. The summed E-state index contributed by atoms with van der Waals surface area (Å²) >= 11 is 2.05. The normalized spacial score (nSPS) is 10.4. The summed E-state index contributed by atoms with van der Waals surface area (Å²) in [4.78, 5) is 4.25. The minimum Gasteiger partial charge on any atom is -0.494 e. The van der Waals surface area contributed by atoms with Gasteiger partial charge >= 0.3 is 0 Å². The van der Waals surface area contributed by atoms with E-state index in [0.717, 1.165) is 30.0 Å². The topological polar surface area (TPSA) is 35.3 Å². The van der Waals surface area contributed by atoms with Crippen LogP contribution in [0.3, 0.4) is 0 Å². The lowest BCUT2D eigenvalue weighted by Crippen LogP contribution is -1.94. The summed E-state index contributed by atoms with van der Waals surface area (Å²) in [5, 5.41) is 0. The number of oxazole rings is 1. The summed E-state index contributed by atoms with van der Waals surface area (Å²) in [6.45, 7) is 2.84. The Labute approximate surface area is 108 Å². The first-order chi connectivity index (χ1) is 7.79. The van der Waals surface area contributed by atoms with Gasteiger partial charge < -0.3 is 9.15 Å². The largest absolute Gasteiger partial charge is 0.494 e. The molecule has 0 unspecified atom stereocenters. The van der Waals surface area contributed by atoms with Crippen LogP contribution in [0.25, 0.3) is 11.3 Å². The molecule has 1 aromatic carbocycles. The Hall–Kier alpha value is -1.04. The molecule has 0 aliphatic rings. The maximum absolute atomic E-state index is 5.51. The molecule has 2 aromatic rings. The molecule has 0 spiro atoms. The highest BCUT2D eigenvalue weighted by atomic mass is 127. The minimum atomic E-state index is 0.652. The zero-order chi connectivity index (χ0) is 11.4. The third kappa shape index (κ3) is 2.75. The van der Waals surface area contributed by atoms with E-state index in [4.69, 9.17) is 9.15 Å². The molecule has 0 bridgehead atoms. The summed E-state index contributed by atoms with van der Waals surface area (Å²) in [6, 6.07) is 7.87. The Morgan fingerprint density at radius 2 is 2.06 bits per heavy atom. The van der Waals surface area contributed by atoms with E-state index in [1.165, 1.54) is 0 Å². The monoisotopic (exact) mass is 329 g/mol. The van der Waals surface area contributed by atoms with Gasteiger partial charge in [0.2, 0.25) is 0 Å². The van der Waals surface area contributed by atoms with Crippen molar-refractivity contribution in [1.29, 1.82) is 0 Å². The average Bonchev–Trinajstić information content (AvgIpc) is 2.74. The van der Waals surface area contributed by atoms with Crippen molar-refractivity contribution in [2.45, 2.75) is 13.3 Å². The van der Waals surface area contributed by atoms with Gasteiger partial charge in [0.25, 0.3) is 3.90 Å². The van der Waals surface area contributed by atoms with Crippen LogP contribution in [0.2, 0.25) is 0 Å². The predicted octanol–water partition coefficient (Wildman–Crippen LogP) is 3.74. The van der Waals surface area contributed by atoms with Crippen LogP contribution in [0.1, 0.15) is 13.3 Å². The summed E-state index contributed by atoms with van der Waals surface area (Å²) in [5.74, 6) is 0.892. The maximum Gasteiger partial charge on any atom is 0.257 e. The Morgan fingerprint density at radius 3 is 2.62 bits per heavy atom. The van der Waals surface area contributed by atoms with E-state index in [9.17, 15) is 0 Å². The number of aromatic nitrogens is 1. The molecule has 16 heavy (non-hydrogen) atoms. The third-order valence-electron chi connectivity index (χ3n) is 2.10. The summed E-state index contributed by atoms with van der Waals surface area (Å²) in [7, 11) is 0. The molecule has 0 saturated heterocycles. The number of benzene rings is 1. The molecule has 1 aromatic heterocycles. The SMILES string of the molecule is CCCOc1ccc(-c2coc(I)n2)cc1. The number of ether oxygens (including phenoxy) is 1. The van der Waals surface area contributed by atoms with Gasteiger partial charge in [0.1, 0.15) is 17.7 Å². The molecule has 0 fully saturated rings. The molecule has 2 rings (SSSR count). The van der Waals surface area contributed by atoms with Gasteiger partial charge in [-0.3, -0.25) is 0 Å². The van der Waals surface area contributed by atoms with Gasteiger partial charge in [-0.05, 0) is 30.7 Å². The molecule has 0 aliphatic heterocycles. The summed E-state index contributed by atoms with van der Waals surface area (Å²) in [6.07, 6.45) is 2.67. The van der Waals surface area contributed by atoms with Crippen molar-refractivity contribution in [1.82, 2.24) is 4.98 Å². The molecule has 4 heteroatoms. The fraction of sp³-hybridized carbons (Fsp3) is 0.250. The van der Waals surface area contributed by atoms with Gasteiger partial charge in [0, 0.05) is 28.2 Å². The zero-order valence-electron chi connectivity index (χ0n) is 8.94. The Kier molecular flexibility index (Phi) is 3.82. The molecule has 3 nitrogen and oxygen atoms in total. The van der Waals surface area contributed by atoms with Gasteiger partial charge in [-0.2, -0.15) is 0 Å². The lowest BCUT2D eigenvalue weighted by molar-refractivity contribution is 0.317. The first-order valence-electron chi connectivity index (χ1n) is 5.14. The lowest BCUT2D eigenvalue weighted by Gasteiger charge is -2.04. The number of nitrogens with zero attached hydrogens (tertiary/aromatic N) is 1. The second-order valence-corrected chi connectivity index (χ2v) is 4.28. The van der Waals surface area contributed by atoms with Crippen molar-refractivity contribution in [2.75, 3.05) is 6.61 Å². The number of hydrogen-bond donors (Lipinski definition) is 0. The fourth-order valence-electron chi connectivity index (χ4n) is 1.33. The summed E-state index contributed by atoms with van der Waals surface area (Å²) in [5.41, 5.74) is 1.89. The maximum atomic E-state index is 5.51. The predicted molar refractivity (Wildman–Crippen MR) is 70.4 cm³/mol. The van der Waals surface area contributed by atoms with E-state index < -0.39 is 0 Å². The van der Waals surface area contributed by atoms with Crippen LogP contribution in [-0.4, -0.2) is 11.6 Å². The van der Waals surface area contributed by atoms with Gasteiger partial charge in [-0.25, -0.2) is 4.98 Å². The van der Waals surface area contributed by atoms with Crippen LogP contribution in [0.15, 0.2) is 34.9 Å². The van der Waals surface area contributed by atoms with E-state index in [1.807, 2.05) is 46.9 Å². The highest BCUT2D eigenvalue weighted by molar-refractivity contribution is 14.1. The number of halogens is 1. The molecular formula is C12H12INO2. The van der Waals surface area contributed by atoms with E-state index in [1.54, 1.807) is 6.26 Å². The molecule has 1 heterocycles. The third-order valence-corrected chi connectivity index (χ3v) is 2.59. The van der Waals surface area contributed by atoms with Gasteiger partial charge in [0.15, 0.2) is 0 Å². The Morgan fingerprint density at radius 1 is 1.31 bits per heavy atom. The van der Waals surface area contributed by atoms with Crippen molar-refractivity contribution in [3.63, 3.8) is 0 Å². The highest BCUT2D eigenvalue weighted by Crippen LogP contribution is 2.22. The molecule has 0 atom stereocenters. The van der Waals surface area contributed by atoms with Crippen LogP contribution >= 0.6 is 22.6 Å². The van der Waals surface area contributed by atoms with Crippen LogP contribution in [0, 0.1) is 3.90 Å². The van der Waals surface area contributed by atoms with Crippen LogP contribution in [0.5, 0.6) is 5.75 Å². The van der Waals surface area contributed by atoms with E-state index in [0.29, 0.717) is 3.90 Å². The minimum absolute atomic E-state index is 0.652. The molecule has 0 saturated carbocycles. The van der Waals surface area contributed by atoms with Crippen molar-refractivity contribution < 1.29 is 9.15 Å². The Balaban J connectivity index is 2.13. The van der Waals surface area contributed by atoms with Crippen molar-refractivity contribution >= 4 is 22.6 Å². The number of hydrogen-bond acceptors (Lipinski definition) is 3. The Bertz CT molecular complexity index is 450. The molecular weight excluding hydrogens is 317 g/mol.